The summed E-state index contributed by atoms with van der Waals surface area (Å²) in [5, 5.41) is 0. The first-order valence-electron chi connectivity index (χ1n) is 5.03. The van der Waals surface area contributed by atoms with Gasteiger partial charge in [-0.25, -0.2) is 9.59 Å². The molecule has 0 aromatic carbocycles. The second kappa shape index (κ2) is 5.83. The van der Waals surface area contributed by atoms with Gasteiger partial charge < -0.3 is 9.47 Å². The average Bonchev–Trinajstić information content (AvgIpc) is 2.09. The Morgan fingerprint density at radius 3 is 2.00 bits per heavy atom. The molecule has 5 nitrogen and oxygen atoms in total. The van der Waals surface area contributed by atoms with Crippen LogP contribution in [0.3, 0.4) is 0 Å². The average molecular weight is 269 g/mol. The Kier molecular flexibility index (Phi) is 5.31. The van der Waals surface area contributed by atoms with Crippen molar-refractivity contribution in [2.45, 2.75) is 39.5 Å². The van der Waals surface area contributed by atoms with Crippen molar-refractivity contribution >= 4 is 17.8 Å². The van der Waals surface area contributed by atoms with Gasteiger partial charge in [0.2, 0.25) is 5.71 Å². The zero-order valence-electron chi connectivity index (χ0n) is 10.4. The lowest BCUT2D eigenvalue weighted by molar-refractivity contribution is -0.139. The second-order valence-electron chi connectivity index (χ2n) is 4.16. The highest BCUT2D eigenvalue weighted by Crippen LogP contribution is 2.19. The van der Waals surface area contributed by atoms with Crippen molar-refractivity contribution in [1.82, 2.24) is 0 Å². The fourth-order valence-corrected chi connectivity index (χ4v) is 0.800. The van der Waals surface area contributed by atoms with E-state index in [-0.39, 0.29) is 6.61 Å². The number of esters is 1. The van der Waals surface area contributed by atoms with Gasteiger partial charge in [0.15, 0.2) is 0 Å². The van der Waals surface area contributed by atoms with E-state index >= 15 is 0 Å². The maximum atomic E-state index is 12.4. The van der Waals surface area contributed by atoms with Crippen LogP contribution in [0.25, 0.3) is 0 Å². The zero-order chi connectivity index (χ0) is 14.6. The van der Waals surface area contributed by atoms with Gasteiger partial charge in [-0.05, 0) is 27.7 Å². The summed E-state index contributed by atoms with van der Waals surface area (Å²) in [6.07, 6.45) is -6.58. The van der Waals surface area contributed by atoms with E-state index in [0.29, 0.717) is 0 Å². The highest BCUT2D eigenvalue weighted by molar-refractivity contribution is 6.40. The number of carbonyl (C=O) groups is 2. The summed E-state index contributed by atoms with van der Waals surface area (Å²) in [7, 11) is 0. The van der Waals surface area contributed by atoms with Crippen LogP contribution in [0, 0.1) is 0 Å². The van der Waals surface area contributed by atoms with Crippen molar-refractivity contribution in [3.8, 4) is 0 Å². The minimum Gasteiger partial charge on any atom is -0.461 e. The molecule has 18 heavy (non-hydrogen) atoms. The molecule has 0 fully saturated rings. The van der Waals surface area contributed by atoms with E-state index in [0.717, 1.165) is 0 Å². The quantitative estimate of drug-likeness (QED) is 0.570. The number of halogens is 3. The molecular weight excluding hydrogens is 255 g/mol. The molecule has 0 aliphatic heterocycles. The van der Waals surface area contributed by atoms with Gasteiger partial charge in [-0.15, -0.1) is 0 Å². The molecule has 0 bridgehead atoms. The predicted octanol–water partition coefficient (Wildman–Crippen LogP) is 2.49. The molecule has 0 aromatic rings. The number of nitrogens with zero attached hydrogens (tertiary/aromatic N) is 1. The fourth-order valence-electron chi connectivity index (χ4n) is 0.800. The van der Waals surface area contributed by atoms with E-state index in [4.69, 9.17) is 0 Å². The third-order valence-corrected chi connectivity index (χ3v) is 1.33. The monoisotopic (exact) mass is 269 g/mol. The van der Waals surface area contributed by atoms with E-state index in [2.05, 4.69) is 14.5 Å². The Bertz CT molecular complexity index is 355. The Hall–Kier alpha value is -1.60. The van der Waals surface area contributed by atoms with Gasteiger partial charge in [-0.1, -0.05) is 0 Å². The number of rotatable bonds is 2. The van der Waals surface area contributed by atoms with Gasteiger partial charge in [-0.2, -0.15) is 18.2 Å². The van der Waals surface area contributed by atoms with Crippen LogP contribution in [0.1, 0.15) is 27.7 Å². The van der Waals surface area contributed by atoms with E-state index in [1.54, 1.807) is 0 Å². The summed E-state index contributed by atoms with van der Waals surface area (Å²) >= 11 is 0. The van der Waals surface area contributed by atoms with Gasteiger partial charge in [0.25, 0.3) is 0 Å². The molecule has 0 aromatic heterocycles. The van der Waals surface area contributed by atoms with Crippen LogP contribution in [-0.2, 0) is 14.3 Å². The SMILES string of the molecule is CCOC(=O)/C(=N\C(=O)OC(C)(C)C)C(F)(F)F. The van der Waals surface area contributed by atoms with Gasteiger partial charge in [0, 0.05) is 0 Å². The molecule has 0 radical (unpaired) electrons. The van der Waals surface area contributed by atoms with Crippen molar-refractivity contribution < 1.29 is 32.2 Å². The molecule has 104 valence electrons. The van der Waals surface area contributed by atoms with Gasteiger partial charge in [-0.3, -0.25) is 0 Å². The van der Waals surface area contributed by atoms with Crippen LogP contribution in [-0.4, -0.2) is 36.2 Å². The largest absolute Gasteiger partial charge is 0.461 e. The molecule has 0 heterocycles. The number of aliphatic imine (C=N–C) groups is 1. The third kappa shape index (κ3) is 6.21. The molecule has 0 spiro atoms. The molecule has 0 rings (SSSR count). The van der Waals surface area contributed by atoms with Gasteiger partial charge >= 0.3 is 18.2 Å². The van der Waals surface area contributed by atoms with E-state index < -0.39 is 29.6 Å². The zero-order valence-corrected chi connectivity index (χ0v) is 10.4. The second-order valence-corrected chi connectivity index (χ2v) is 4.16. The molecule has 8 heteroatoms. The van der Waals surface area contributed by atoms with Crippen LogP contribution in [0.2, 0.25) is 0 Å². The van der Waals surface area contributed by atoms with Gasteiger partial charge in [0.05, 0.1) is 6.61 Å². The van der Waals surface area contributed by atoms with Crippen molar-refractivity contribution in [2.24, 2.45) is 4.99 Å². The molecule has 0 aliphatic carbocycles. The number of alkyl halides is 3. The summed E-state index contributed by atoms with van der Waals surface area (Å²) in [5.74, 6) is -1.71. The highest BCUT2D eigenvalue weighted by Gasteiger charge is 2.43. The van der Waals surface area contributed by atoms with Crippen molar-refractivity contribution in [1.29, 1.82) is 0 Å². The van der Waals surface area contributed by atoms with Crippen molar-refractivity contribution in [3.63, 3.8) is 0 Å². The fraction of sp³-hybridized carbons (Fsp3) is 0.700. The molecular formula is C10H14F3NO4. The smallest absolute Gasteiger partial charge is 0.440 e. The predicted molar refractivity (Wildman–Crippen MR) is 56.4 cm³/mol. The van der Waals surface area contributed by atoms with Crippen LogP contribution in [0.4, 0.5) is 18.0 Å². The molecule has 1 amide bonds. The Labute approximate surface area is 102 Å². The topological polar surface area (TPSA) is 65.0 Å². The van der Waals surface area contributed by atoms with E-state index in [1.807, 2.05) is 0 Å². The molecule has 0 saturated heterocycles. The number of amides is 1. The number of carbonyl (C=O) groups excluding carboxylic acids is 2. The lowest BCUT2D eigenvalue weighted by Gasteiger charge is -2.18. The van der Waals surface area contributed by atoms with Crippen LogP contribution in [0.5, 0.6) is 0 Å². The standard InChI is InChI=1S/C10H14F3NO4/c1-5-17-7(15)6(10(11,12)13)14-8(16)18-9(2,3)4/h5H2,1-4H3/b14-6+. The summed E-state index contributed by atoms with van der Waals surface area (Å²) < 4.78 is 46.1. The molecule has 0 saturated carbocycles. The van der Waals surface area contributed by atoms with Crippen molar-refractivity contribution in [2.75, 3.05) is 6.61 Å². The Balaban J connectivity index is 5.10. The summed E-state index contributed by atoms with van der Waals surface area (Å²) in [4.78, 5) is 24.7. The van der Waals surface area contributed by atoms with Gasteiger partial charge in [0.1, 0.15) is 5.60 Å². The molecule has 0 N–H and O–H groups in total. The van der Waals surface area contributed by atoms with Crippen LogP contribution >= 0.6 is 0 Å². The number of hydrogen-bond acceptors (Lipinski definition) is 4. The van der Waals surface area contributed by atoms with Crippen molar-refractivity contribution in [3.05, 3.63) is 0 Å². The summed E-state index contributed by atoms with van der Waals surface area (Å²) in [6, 6.07) is 0. The minimum absolute atomic E-state index is 0.262. The summed E-state index contributed by atoms with van der Waals surface area (Å²) in [6.45, 7) is 5.44. The number of hydrogen-bond donors (Lipinski definition) is 0. The molecule has 0 unspecified atom stereocenters. The first-order chi connectivity index (χ1) is 7.97. The first kappa shape index (κ1) is 16.4. The first-order valence-corrected chi connectivity index (χ1v) is 5.03. The lowest BCUT2D eigenvalue weighted by Crippen LogP contribution is -2.34. The number of ether oxygens (including phenoxy) is 2. The van der Waals surface area contributed by atoms with E-state index in [1.165, 1.54) is 27.7 Å². The lowest BCUT2D eigenvalue weighted by atomic mass is 10.2. The Morgan fingerprint density at radius 2 is 1.67 bits per heavy atom. The molecule has 0 atom stereocenters. The van der Waals surface area contributed by atoms with Crippen LogP contribution < -0.4 is 0 Å². The maximum absolute atomic E-state index is 12.4. The third-order valence-electron chi connectivity index (χ3n) is 1.33. The normalized spacial score (nSPS) is 13.2. The minimum atomic E-state index is -5.08. The molecule has 0 aliphatic rings. The highest BCUT2D eigenvalue weighted by atomic mass is 19.4. The maximum Gasteiger partial charge on any atom is 0.440 e. The van der Waals surface area contributed by atoms with E-state index in [9.17, 15) is 22.8 Å². The van der Waals surface area contributed by atoms with Crippen LogP contribution in [0.15, 0.2) is 4.99 Å². The summed E-state index contributed by atoms with van der Waals surface area (Å²) in [5.41, 5.74) is -2.94. The Morgan fingerprint density at radius 1 is 1.17 bits per heavy atom.